The van der Waals surface area contributed by atoms with Gasteiger partial charge >= 0.3 is 5.97 Å². The zero-order valence-corrected chi connectivity index (χ0v) is 10.8. The second-order valence-corrected chi connectivity index (χ2v) is 4.66. The van der Waals surface area contributed by atoms with Crippen LogP contribution in [0.25, 0.3) is 10.9 Å². The standard InChI is InChI=1S/C15H10F2N2O2/c16-12-3-9(4-13(17)6-12)8-19-14-2-1-10(15(20)21)5-11(14)7-18-19/h1-7H,8H2,(H,20,21). The van der Waals surface area contributed by atoms with Crippen molar-refractivity contribution >= 4 is 16.9 Å². The SMILES string of the molecule is O=C(O)c1ccc2c(cnn2Cc2cc(F)cc(F)c2)c1. The van der Waals surface area contributed by atoms with Gasteiger partial charge in [-0.1, -0.05) is 0 Å². The molecule has 1 N–H and O–H groups in total. The lowest BCUT2D eigenvalue weighted by Gasteiger charge is -2.05. The first kappa shape index (κ1) is 13.2. The summed E-state index contributed by atoms with van der Waals surface area (Å²) in [4.78, 5) is 10.9. The molecule has 2 aromatic carbocycles. The molecule has 0 unspecified atom stereocenters. The van der Waals surface area contributed by atoms with Gasteiger partial charge in [-0.2, -0.15) is 5.10 Å². The van der Waals surface area contributed by atoms with Crippen LogP contribution in [0.5, 0.6) is 0 Å². The molecule has 0 saturated carbocycles. The first-order valence-corrected chi connectivity index (χ1v) is 6.17. The highest BCUT2D eigenvalue weighted by atomic mass is 19.1. The van der Waals surface area contributed by atoms with E-state index in [0.29, 0.717) is 16.5 Å². The van der Waals surface area contributed by atoms with Crippen LogP contribution in [0, 0.1) is 11.6 Å². The van der Waals surface area contributed by atoms with Crippen LogP contribution >= 0.6 is 0 Å². The second-order valence-electron chi connectivity index (χ2n) is 4.66. The van der Waals surface area contributed by atoms with E-state index >= 15 is 0 Å². The number of halogens is 2. The molecule has 3 aromatic rings. The van der Waals surface area contributed by atoms with E-state index in [1.165, 1.54) is 30.5 Å². The van der Waals surface area contributed by atoms with Gasteiger partial charge in [0, 0.05) is 11.5 Å². The number of benzene rings is 2. The maximum Gasteiger partial charge on any atom is 0.335 e. The average molecular weight is 288 g/mol. The highest BCUT2D eigenvalue weighted by molar-refractivity contribution is 5.93. The third kappa shape index (κ3) is 2.60. The molecule has 0 aliphatic rings. The minimum absolute atomic E-state index is 0.166. The van der Waals surface area contributed by atoms with Crippen molar-refractivity contribution in [3.63, 3.8) is 0 Å². The van der Waals surface area contributed by atoms with Crippen LogP contribution < -0.4 is 0 Å². The molecule has 0 fully saturated rings. The Kier molecular flexibility index (Phi) is 3.13. The van der Waals surface area contributed by atoms with Crippen LogP contribution in [0.1, 0.15) is 15.9 Å². The fourth-order valence-corrected chi connectivity index (χ4v) is 2.22. The van der Waals surface area contributed by atoms with Crippen molar-refractivity contribution in [2.24, 2.45) is 0 Å². The van der Waals surface area contributed by atoms with Gasteiger partial charge < -0.3 is 5.11 Å². The smallest absolute Gasteiger partial charge is 0.335 e. The van der Waals surface area contributed by atoms with Gasteiger partial charge in [0.25, 0.3) is 0 Å². The summed E-state index contributed by atoms with van der Waals surface area (Å²) in [5.41, 5.74) is 1.31. The van der Waals surface area contributed by atoms with Gasteiger partial charge in [-0.15, -0.1) is 0 Å². The Morgan fingerprint density at radius 1 is 1.14 bits per heavy atom. The third-order valence-corrected chi connectivity index (χ3v) is 3.14. The van der Waals surface area contributed by atoms with E-state index in [0.717, 1.165) is 6.07 Å². The Morgan fingerprint density at radius 2 is 1.86 bits per heavy atom. The molecule has 0 saturated heterocycles. The van der Waals surface area contributed by atoms with Crippen LogP contribution in [-0.4, -0.2) is 20.9 Å². The van der Waals surface area contributed by atoms with Gasteiger partial charge in [0.2, 0.25) is 0 Å². The largest absolute Gasteiger partial charge is 0.478 e. The van der Waals surface area contributed by atoms with Gasteiger partial charge in [-0.25, -0.2) is 13.6 Å². The van der Waals surface area contributed by atoms with Crippen molar-refractivity contribution in [3.05, 3.63) is 65.4 Å². The molecule has 0 radical (unpaired) electrons. The number of aromatic nitrogens is 2. The molecule has 21 heavy (non-hydrogen) atoms. The highest BCUT2D eigenvalue weighted by Gasteiger charge is 2.09. The van der Waals surface area contributed by atoms with Crippen molar-refractivity contribution in [2.45, 2.75) is 6.54 Å². The average Bonchev–Trinajstić information content (AvgIpc) is 2.80. The van der Waals surface area contributed by atoms with Crippen LogP contribution in [0.4, 0.5) is 8.78 Å². The topological polar surface area (TPSA) is 55.1 Å². The van der Waals surface area contributed by atoms with Crippen molar-refractivity contribution in [1.29, 1.82) is 0 Å². The summed E-state index contributed by atoms with van der Waals surface area (Å²) in [6.07, 6.45) is 1.53. The van der Waals surface area contributed by atoms with E-state index in [1.807, 2.05) is 0 Å². The molecular weight excluding hydrogens is 278 g/mol. The molecule has 0 aliphatic heterocycles. The quantitative estimate of drug-likeness (QED) is 0.806. The van der Waals surface area contributed by atoms with Gasteiger partial charge in [-0.3, -0.25) is 4.68 Å². The minimum atomic E-state index is -1.02. The van der Waals surface area contributed by atoms with Crippen LogP contribution in [0.15, 0.2) is 42.6 Å². The molecule has 0 bridgehead atoms. The Bertz CT molecular complexity index is 823. The zero-order chi connectivity index (χ0) is 15.0. The first-order chi connectivity index (χ1) is 10.0. The summed E-state index contributed by atoms with van der Waals surface area (Å²) in [6, 6.07) is 7.89. The highest BCUT2D eigenvalue weighted by Crippen LogP contribution is 2.18. The normalized spacial score (nSPS) is 11.0. The molecule has 106 valence electrons. The molecule has 4 nitrogen and oxygen atoms in total. The number of nitrogens with zero attached hydrogens (tertiary/aromatic N) is 2. The number of aromatic carboxylic acids is 1. The molecule has 1 aromatic heterocycles. The third-order valence-electron chi connectivity index (χ3n) is 3.14. The molecule has 0 aliphatic carbocycles. The number of carboxylic acid groups (broad SMARTS) is 1. The molecule has 0 atom stereocenters. The summed E-state index contributed by atoms with van der Waals surface area (Å²) in [6.45, 7) is 0.199. The van der Waals surface area contributed by atoms with E-state index in [4.69, 9.17) is 5.11 Å². The lowest BCUT2D eigenvalue weighted by atomic mass is 10.1. The van der Waals surface area contributed by atoms with Gasteiger partial charge in [0.1, 0.15) is 11.6 Å². The Morgan fingerprint density at radius 3 is 2.52 bits per heavy atom. The van der Waals surface area contributed by atoms with E-state index in [-0.39, 0.29) is 12.1 Å². The van der Waals surface area contributed by atoms with E-state index in [2.05, 4.69) is 5.10 Å². The van der Waals surface area contributed by atoms with E-state index in [9.17, 15) is 13.6 Å². The number of rotatable bonds is 3. The molecule has 6 heteroatoms. The van der Waals surface area contributed by atoms with Crippen LogP contribution in [0.3, 0.4) is 0 Å². The monoisotopic (exact) mass is 288 g/mol. The molecule has 3 rings (SSSR count). The Balaban J connectivity index is 1.99. The fraction of sp³-hybridized carbons (Fsp3) is 0.0667. The van der Waals surface area contributed by atoms with Gasteiger partial charge in [0.05, 0.1) is 23.8 Å². The molecular formula is C15H10F2N2O2. The maximum absolute atomic E-state index is 13.2. The van der Waals surface area contributed by atoms with Crippen LogP contribution in [0.2, 0.25) is 0 Å². The lowest BCUT2D eigenvalue weighted by Crippen LogP contribution is -2.02. The molecule has 1 heterocycles. The molecule has 0 spiro atoms. The minimum Gasteiger partial charge on any atom is -0.478 e. The second kappa shape index (κ2) is 4.97. The zero-order valence-electron chi connectivity index (χ0n) is 10.8. The van der Waals surface area contributed by atoms with Crippen molar-refractivity contribution in [2.75, 3.05) is 0 Å². The summed E-state index contributed by atoms with van der Waals surface area (Å²) < 4.78 is 27.9. The number of fused-ring (bicyclic) bond motifs is 1. The van der Waals surface area contributed by atoms with Crippen molar-refractivity contribution < 1.29 is 18.7 Å². The fourth-order valence-electron chi connectivity index (χ4n) is 2.22. The van der Waals surface area contributed by atoms with E-state index < -0.39 is 17.6 Å². The number of hydrogen-bond donors (Lipinski definition) is 1. The van der Waals surface area contributed by atoms with Gasteiger partial charge in [0.15, 0.2) is 0 Å². The number of carbonyl (C=O) groups is 1. The van der Waals surface area contributed by atoms with Crippen molar-refractivity contribution in [1.82, 2.24) is 9.78 Å². The maximum atomic E-state index is 13.2. The number of carboxylic acids is 1. The van der Waals surface area contributed by atoms with Crippen LogP contribution in [-0.2, 0) is 6.54 Å². The van der Waals surface area contributed by atoms with E-state index in [1.54, 1.807) is 10.7 Å². The molecule has 0 amide bonds. The Labute approximate surface area is 118 Å². The summed E-state index contributed by atoms with van der Waals surface area (Å²) >= 11 is 0. The lowest BCUT2D eigenvalue weighted by molar-refractivity contribution is 0.0697. The summed E-state index contributed by atoms with van der Waals surface area (Å²) in [5.74, 6) is -2.30. The summed E-state index contributed by atoms with van der Waals surface area (Å²) in [7, 11) is 0. The predicted molar refractivity (Wildman–Crippen MR) is 72.2 cm³/mol. The summed E-state index contributed by atoms with van der Waals surface area (Å²) in [5, 5.41) is 13.7. The predicted octanol–water partition coefficient (Wildman–Crippen LogP) is 3.06. The number of hydrogen-bond acceptors (Lipinski definition) is 2. The van der Waals surface area contributed by atoms with Crippen molar-refractivity contribution in [3.8, 4) is 0 Å². The first-order valence-electron chi connectivity index (χ1n) is 6.17. The van der Waals surface area contributed by atoms with Gasteiger partial charge in [-0.05, 0) is 35.9 Å². The Hall–Kier alpha value is -2.76.